The van der Waals surface area contributed by atoms with E-state index in [-0.39, 0.29) is 0 Å². The number of fused-ring (bicyclic) bond motifs is 1. The van der Waals surface area contributed by atoms with Gasteiger partial charge in [-0.15, -0.1) is 0 Å². The Bertz CT molecular complexity index is 612. The molecule has 0 atom stereocenters. The topological polar surface area (TPSA) is 9.23 Å². The highest BCUT2D eigenvalue weighted by Gasteiger charge is 2.20. The van der Waals surface area contributed by atoms with Crippen molar-refractivity contribution in [3.05, 3.63) is 40.4 Å². The van der Waals surface area contributed by atoms with Crippen LogP contribution >= 0.6 is 15.9 Å². The number of hydrogen-bond acceptors (Lipinski definition) is 1. The molecule has 1 nitrogen and oxygen atoms in total. The van der Waals surface area contributed by atoms with E-state index in [4.69, 9.17) is 4.74 Å². The highest BCUT2D eigenvalue weighted by atomic mass is 79.9. The van der Waals surface area contributed by atoms with Crippen molar-refractivity contribution in [3.8, 4) is 5.75 Å². The predicted octanol–water partition coefficient (Wildman–Crippen LogP) is 5.87. The molecular formula is C18H21BrO. The highest BCUT2D eigenvalue weighted by molar-refractivity contribution is 9.10. The van der Waals surface area contributed by atoms with E-state index < -0.39 is 0 Å². The van der Waals surface area contributed by atoms with Crippen LogP contribution < -0.4 is 4.74 Å². The first kappa shape index (κ1) is 13.9. The molecule has 0 N–H and O–H groups in total. The van der Waals surface area contributed by atoms with Crippen LogP contribution in [-0.2, 0) is 0 Å². The maximum absolute atomic E-state index is 6.26. The van der Waals surface area contributed by atoms with Gasteiger partial charge in [-0.1, -0.05) is 35.0 Å². The van der Waals surface area contributed by atoms with Crippen molar-refractivity contribution < 1.29 is 4.74 Å². The van der Waals surface area contributed by atoms with Crippen molar-refractivity contribution in [2.75, 3.05) is 0 Å². The van der Waals surface area contributed by atoms with Gasteiger partial charge in [-0.25, -0.2) is 0 Å². The van der Waals surface area contributed by atoms with Gasteiger partial charge >= 0.3 is 0 Å². The molecule has 20 heavy (non-hydrogen) atoms. The van der Waals surface area contributed by atoms with Gasteiger partial charge in [-0.3, -0.25) is 0 Å². The second-order valence-corrected chi connectivity index (χ2v) is 6.97. The summed E-state index contributed by atoms with van der Waals surface area (Å²) in [5, 5.41) is 2.55. The summed E-state index contributed by atoms with van der Waals surface area (Å²) in [6, 6.07) is 10.7. The molecule has 0 unspecified atom stereocenters. The van der Waals surface area contributed by atoms with Gasteiger partial charge < -0.3 is 4.74 Å². The molecular weight excluding hydrogens is 312 g/mol. The van der Waals surface area contributed by atoms with E-state index in [1.807, 2.05) is 0 Å². The SMILES string of the molecule is Cc1c(OC2CCC(C)CC2)ccc2cc(Br)ccc12. The van der Waals surface area contributed by atoms with Gasteiger partial charge in [-0.2, -0.15) is 0 Å². The molecule has 0 spiro atoms. The normalized spacial score (nSPS) is 22.9. The zero-order valence-corrected chi connectivity index (χ0v) is 13.7. The van der Waals surface area contributed by atoms with Crippen LogP contribution in [0.4, 0.5) is 0 Å². The third-order valence-corrected chi connectivity index (χ3v) is 4.95. The summed E-state index contributed by atoms with van der Waals surface area (Å²) < 4.78 is 7.39. The summed E-state index contributed by atoms with van der Waals surface area (Å²) in [7, 11) is 0. The molecule has 0 bridgehead atoms. The zero-order chi connectivity index (χ0) is 14.1. The molecule has 3 rings (SSSR count). The van der Waals surface area contributed by atoms with Crippen LogP contribution in [0.2, 0.25) is 0 Å². The van der Waals surface area contributed by atoms with Gasteiger partial charge in [0.15, 0.2) is 0 Å². The largest absolute Gasteiger partial charge is 0.490 e. The second kappa shape index (κ2) is 5.77. The van der Waals surface area contributed by atoms with E-state index in [1.54, 1.807) is 0 Å². The lowest BCUT2D eigenvalue weighted by molar-refractivity contribution is 0.135. The van der Waals surface area contributed by atoms with Crippen molar-refractivity contribution in [3.63, 3.8) is 0 Å². The molecule has 0 aromatic heterocycles. The van der Waals surface area contributed by atoms with E-state index in [2.05, 4.69) is 60.1 Å². The fraction of sp³-hybridized carbons (Fsp3) is 0.444. The first-order valence-corrected chi connectivity index (χ1v) is 8.28. The van der Waals surface area contributed by atoms with E-state index in [9.17, 15) is 0 Å². The highest BCUT2D eigenvalue weighted by Crippen LogP contribution is 2.32. The summed E-state index contributed by atoms with van der Waals surface area (Å²) >= 11 is 3.53. The Hall–Kier alpha value is -1.02. The van der Waals surface area contributed by atoms with Crippen LogP contribution in [0.5, 0.6) is 5.75 Å². The molecule has 1 fully saturated rings. The Morgan fingerprint density at radius 1 is 1.05 bits per heavy atom. The third-order valence-electron chi connectivity index (χ3n) is 4.46. The van der Waals surface area contributed by atoms with Gasteiger partial charge in [0, 0.05) is 4.47 Å². The van der Waals surface area contributed by atoms with Crippen LogP contribution in [0, 0.1) is 12.8 Å². The Kier molecular flexibility index (Phi) is 4.02. The average molecular weight is 333 g/mol. The van der Waals surface area contributed by atoms with Gasteiger partial charge in [0.1, 0.15) is 5.75 Å². The number of hydrogen-bond donors (Lipinski definition) is 0. The molecule has 2 heteroatoms. The molecule has 1 aliphatic carbocycles. The van der Waals surface area contributed by atoms with Crippen LogP contribution in [0.15, 0.2) is 34.8 Å². The molecule has 0 heterocycles. The van der Waals surface area contributed by atoms with Gasteiger partial charge in [-0.05, 0) is 73.1 Å². The maximum Gasteiger partial charge on any atom is 0.123 e. The molecule has 106 valence electrons. The minimum atomic E-state index is 0.401. The monoisotopic (exact) mass is 332 g/mol. The summed E-state index contributed by atoms with van der Waals surface area (Å²) in [4.78, 5) is 0. The van der Waals surface area contributed by atoms with Crippen molar-refractivity contribution in [2.45, 2.75) is 45.6 Å². The minimum absolute atomic E-state index is 0.401. The Morgan fingerprint density at radius 2 is 1.80 bits per heavy atom. The standard InChI is InChI=1S/C18H21BrO/c1-12-3-7-16(8-4-12)20-18-10-5-14-11-15(19)6-9-17(14)13(18)2/h5-6,9-12,16H,3-4,7-8H2,1-2H3. The van der Waals surface area contributed by atoms with E-state index >= 15 is 0 Å². The van der Waals surface area contributed by atoms with Gasteiger partial charge in [0.2, 0.25) is 0 Å². The van der Waals surface area contributed by atoms with Gasteiger partial charge in [0.05, 0.1) is 6.10 Å². The molecule has 0 radical (unpaired) electrons. The number of aryl methyl sites for hydroxylation is 1. The molecule has 2 aromatic rings. The molecule has 1 aliphatic rings. The van der Waals surface area contributed by atoms with Crippen molar-refractivity contribution >= 4 is 26.7 Å². The number of halogens is 1. The van der Waals surface area contributed by atoms with Crippen LogP contribution in [0.1, 0.15) is 38.2 Å². The summed E-state index contributed by atoms with van der Waals surface area (Å²) in [5.74, 6) is 1.92. The molecule has 2 aromatic carbocycles. The van der Waals surface area contributed by atoms with E-state index in [1.165, 1.54) is 42.0 Å². The Balaban J connectivity index is 1.85. The Labute approximate surface area is 129 Å². The third kappa shape index (κ3) is 2.85. The fourth-order valence-electron chi connectivity index (χ4n) is 3.09. The smallest absolute Gasteiger partial charge is 0.123 e. The number of ether oxygens (including phenoxy) is 1. The lowest BCUT2D eigenvalue weighted by Gasteiger charge is -2.27. The van der Waals surface area contributed by atoms with Crippen molar-refractivity contribution in [1.29, 1.82) is 0 Å². The second-order valence-electron chi connectivity index (χ2n) is 6.05. The molecule has 0 amide bonds. The summed E-state index contributed by atoms with van der Waals surface area (Å²) in [6.45, 7) is 4.51. The quantitative estimate of drug-likeness (QED) is 0.668. The maximum atomic E-state index is 6.26. The van der Waals surface area contributed by atoms with Crippen molar-refractivity contribution in [1.82, 2.24) is 0 Å². The lowest BCUT2D eigenvalue weighted by atomic mass is 9.89. The number of rotatable bonds is 2. The van der Waals surface area contributed by atoms with E-state index in [0.29, 0.717) is 6.10 Å². The average Bonchev–Trinajstić information content (AvgIpc) is 2.44. The predicted molar refractivity (Wildman–Crippen MR) is 88.4 cm³/mol. The zero-order valence-electron chi connectivity index (χ0n) is 12.2. The number of benzene rings is 2. The van der Waals surface area contributed by atoms with Crippen LogP contribution in [0.25, 0.3) is 10.8 Å². The lowest BCUT2D eigenvalue weighted by Crippen LogP contribution is -2.23. The van der Waals surface area contributed by atoms with Gasteiger partial charge in [0.25, 0.3) is 0 Å². The van der Waals surface area contributed by atoms with Crippen molar-refractivity contribution in [2.24, 2.45) is 5.92 Å². The molecule has 0 saturated heterocycles. The summed E-state index contributed by atoms with van der Waals surface area (Å²) in [6.07, 6.45) is 5.38. The van der Waals surface area contributed by atoms with Crippen LogP contribution in [0.3, 0.4) is 0 Å². The minimum Gasteiger partial charge on any atom is -0.490 e. The van der Waals surface area contributed by atoms with Crippen LogP contribution in [-0.4, -0.2) is 6.10 Å². The first-order chi connectivity index (χ1) is 9.63. The first-order valence-electron chi connectivity index (χ1n) is 7.49. The fourth-order valence-corrected chi connectivity index (χ4v) is 3.47. The Morgan fingerprint density at radius 3 is 2.55 bits per heavy atom. The molecule has 1 saturated carbocycles. The van der Waals surface area contributed by atoms with E-state index in [0.717, 1.165) is 16.1 Å². The molecule has 0 aliphatic heterocycles. The summed E-state index contributed by atoms with van der Waals surface area (Å²) in [5.41, 5.74) is 1.26.